The molecule has 128 valence electrons. The van der Waals surface area contributed by atoms with Crippen molar-refractivity contribution in [3.8, 4) is 6.07 Å². The lowest BCUT2D eigenvalue weighted by atomic mass is 9.48. The number of fused-ring (bicyclic) bond motifs is 5. The van der Waals surface area contributed by atoms with Gasteiger partial charge in [0, 0.05) is 11.5 Å². The number of nitriles is 1. The summed E-state index contributed by atoms with van der Waals surface area (Å²) in [6, 6.07) is 2.37. The third-order valence-corrected chi connectivity index (χ3v) is 8.49. The summed E-state index contributed by atoms with van der Waals surface area (Å²) in [6.45, 7) is 4.82. The Morgan fingerprint density at radius 1 is 1.25 bits per heavy atom. The molecule has 0 aromatic carbocycles. The second-order valence-electron chi connectivity index (χ2n) is 8.98. The summed E-state index contributed by atoms with van der Waals surface area (Å²) in [5.41, 5.74) is 2.80. The number of rotatable bonds is 1. The highest BCUT2D eigenvalue weighted by atomic mass is 32.1. The van der Waals surface area contributed by atoms with Crippen molar-refractivity contribution in [1.29, 1.82) is 5.26 Å². The Labute approximate surface area is 150 Å². The normalized spacial score (nSPS) is 46.7. The Bertz CT molecular complexity index is 686. The fourth-order valence-corrected chi connectivity index (χ4v) is 7.21. The lowest BCUT2D eigenvalue weighted by Gasteiger charge is -2.56. The van der Waals surface area contributed by atoms with Crippen molar-refractivity contribution in [3.05, 3.63) is 23.3 Å². The molecule has 0 radical (unpaired) electrons. The molecule has 24 heavy (non-hydrogen) atoms. The number of nitrogens with zero attached hydrogens (tertiary/aromatic N) is 1. The second kappa shape index (κ2) is 5.43. The van der Waals surface area contributed by atoms with Crippen molar-refractivity contribution in [1.82, 2.24) is 0 Å². The van der Waals surface area contributed by atoms with E-state index in [1.165, 1.54) is 24.8 Å². The number of hydrogen-bond donors (Lipinski definition) is 1. The van der Waals surface area contributed by atoms with Crippen molar-refractivity contribution in [3.63, 3.8) is 0 Å². The van der Waals surface area contributed by atoms with Crippen LogP contribution in [-0.4, -0.2) is 10.2 Å². The molecule has 0 aromatic rings. The van der Waals surface area contributed by atoms with Crippen LogP contribution in [0.1, 0.15) is 58.8 Å². The Hall–Kier alpha value is -1.14. The molecule has 4 aliphatic rings. The molecule has 0 aliphatic heterocycles. The fourth-order valence-electron chi connectivity index (χ4n) is 6.82. The summed E-state index contributed by atoms with van der Waals surface area (Å²) in [6.07, 6.45) is 12.5. The first-order valence-corrected chi connectivity index (χ1v) is 9.85. The van der Waals surface area contributed by atoms with Gasteiger partial charge in [0.05, 0.1) is 6.07 Å². The zero-order chi connectivity index (χ0) is 17.1. The van der Waals surface area contributed by atoms with Crippen LogP contribution in [0.25, 0.3) is 0 Å². The molecular weight excluding hydrogens is 314 g/mol. The highest BCUT2D eigenvalue weighted by molar-refractivity contribution is 7.80. The molecular formula is C21H27NOS. The van der Waals surface area contributed by atoms with Crippen molar-refractivity contribution in [2.45, 2.75) is 58.8 Å². The maximum Gasteiger partial charge on any atom is 0.160 e. The average molecular weight is 342 g/mol. The Kier molecular flexibility index (Phi) is 3.69. The molecule has 0 bridgehead atoms. The maximum absolute atomic E-state index is 10.0. The first-order chi connectivity index (χ1) is 11.4. The quantitative estimate of drug-likeness (QED) is 0.639. The SMILES string of the molecule is C[C@]12CC[C@H]3[C@@H](CC=C4C=C(C#N)CC[C@@]43C)[C@@H]1CC[C@@H]2C(O)=S. The Morgan fingerprint density at radius 3 is 2.75 bits per heavy atom. The standard InChI is InChI=1S/C21H27NOS/c1-20-9-7-13(12-22)11-14(20)3-4-15-16-5-6-18(19(23)24)21(16,2)10-8-17(15)20/h3,11,15-18H,4-10H2,1-2H3,(H,23,24)/t15-,16-,17-,18+,20-,21-/m0/s1. The van der Waals surface area contributed by atoms with E-state index in [4.69, 9.17) is 12.2 Å². The predicted octanol–water partition coefficient (Wildman–Crippen LogP) is 5.51. The lowest BCUT2D eigenvalue weighted by molar-refractivity contribution is -0.0275. The van der Waals surface area contributed by atoms with Gasteiger partial charge in [-0.2, -0.15) is 5.26 Å². The molecule has 1 N–H and O–H groups in total. The van der Waals surface area contributed by atoms with Crippen LogP contribution in [0.3, 0.4) is 0 Å². The van der Waals surface area contributed by atoms with Gasteiger partial charge in [0.25, 0.3) is 0 Å². The van der Waals surface area contributed by atoms with E-state index in [-0.39, 0.29) is 21.8 Å². The van der Waals surface area contributed by atoms with E-state index < -0.39 is 0 Å². The van der Waals surface area contributed by atoms with Crippen LogP contribution in [-0.2, 0) is 0 Å². The van der Waals surface area contributed by atoms with E-state index >= 15 is 0 Å². The van der Waals surface area contributed by atoms with E-state index in [1.807, 2.05) is 0 Å². The molecule has 0 unspecified atom stereocenters. The Morgan fingerprint density at radius 2 is 2.04 bits per heavy atom. The van der Waals surface area contributed by atoms with Crippen molar-refractivity contribution in [2.75, 3.05) is 0 Å². The van der Waals surface area contributed by atoms with Gasteiger partial charge in [0.15, 0.2) is 5.05 Å². The highest BCUT2D eigenvalue weighted by Gasteiger charge is 2.58. The van der Waals surface area contributed by atoms with Crippen LogP contribution in [0.15, 0.2) is 23.3 Å². The Balaban J connectivity index is 1.69. The van der Waals surface area contributed by atoms with Gasteiger partial charge in [0.2, 0.25) is 0 Å². The van der Waals surface area contributed by atoms with Gasteiger partial charge >= 0.3 is 0 Å². The molecule has 0 heterocycles. The second-order valence-corrected chi connectivity index (χ2v) is 9.40. The van der Waals surface area contributed by atoms with Crippen LogP contribution < -0.4 is 0 Å². The summed E-state index contributed by atoms with van der Waals surface area (Å²) in [5, 5.41) is 19.5. The lowest BCUT2D eigenvalue weighted by Crippen LogP contribution is -2.49. The van der Waals surface area contributed by atoms with Crippen molar-refractivity contribution < 1.29 is 5.11 Å². The number of hydrogen-bond acceptors (Lipinski definition) is 2. The van der Waals surface area contributed by atoms with Crippen molar-refractivity contribution in [2.24, 2.45) is 34.5 Å². The van der Waals surface area contributed by atoms with E-state index in [2.05, 4.69) is 32.1 Å². The third kappa shape index (κ3) is 2.08. The van der Waals surface area contributed by atoms with E-state index in [0.29, 0.717) is 11.8 Å². The van der Waals surface area contributed by atoms with Gasteiger partial charge in [-0.15, -0.1) is 0 Å². The van der Waals surface area contributed by atoms with Gasteiger partial charge in [-0.05, 0) is 97.4 Å². The molecule has 2 nitrogen and oxygen atoms in total. The summed E-state index contributed by atoms with van der Waals surface area (Å²) in [5.74, 6) is 2.34. The average Bonchev–Trinajstić information content (AvgIpc) is 2.91. The van der Waals surface area contributed by atoms with Gasteiger partial charge in [-0.1, -0.05) is 19.9 Å². The third-order valence-electron chi connectivity index (χ3n) is 8.21. The molecule has 2 fully saturated rings. The minimum absolute atomic E-state index is 0.191. The van der Waals surface area contributed by atoms with Crippen LogP contribution in [0.2, 0.25) is 0 Å². The molecule has 6 atom stereocenters. The van der Waals surface area contributed by atoms with E-state index in [0.717, 1.165) is 37.2 Å². The highest BCUT2D eigenvalue weighted by Crippen LogP contribution is 2.66. The summed E-state index contributed by atoms with van der Waals surface area (Å²) in [4.78, 5) is 0. The first-order valence-electron chi connectivity index (χ1n) is 9.44. The monoisotopic (exact) mass is 341 g/mol. The van der Waals surface area contributed by atoms with Gasteiger partial charge in [-0.3, -0.25) is 0 Å². The van der Waals surface area contributed by atoms with Crippen LogP contribution >= 0.6 is 12.2 Å². The topological polar surface area (TPSA) is 44.0 Å². The molecule has 3 heteroatoms. The number of thiocarbonyl (C=S) groups is 1. The zero-order valence-electron chi connectivity index (χ0n) is 14.7. The largest absolute Gasteiger partial charge is 0.502 e. The molecule has 2 saturated carbocycles. The predicted molar refractivity (Wildman–Crippen MR) is 99.5 cm³/mol. The van der Waals surface area contributed by atoms with Crippen LogP contribution in [0, 0.1) is 45.8 Å². The minimum Gasteiger partial charge on any atom is -0.502 e. The molecule has 0 aromatic heterocycles. The first kappa shape index (κ1) is 16.3. The van der Waals surface area contributed by atoms with Gasteiger partial charge in [-0.25, -0.2) is 0 Å². The zero-order valence-corrected chi connectivity index (χ0v) is 15.5. The van der Waals surface area contributed by atoms with E-state index in [9.17, 15) is 10.4 Å². The molecule has 4 aliphatic carbocycles. The molecule has 0 amide bonds. The summed E-state index contributed by atoms with van der Waals surface area (Å²) in [7, 11) is 0. The molecule has 0 saturated heterocycles. The molecule has 4 rings (SSSR count). The van der Waals surface area contributed by atoms with Gasteiger partial charge in [0.1, 0.15) is 0 Å². The smallest absolute Gasteiger partial charge is 0.160 e. The number of allylic oxidation sites excluding steroid dienone is 4. The van der Waals surface area contributed by atoms with Crippen LogP contribution in [0.4, 0.5) is 0 Å². The maximum atomic E-state index is 10.0. The fraction of sp³-hybridized carbons (Fsp3) is 0.714. The van der Waals surface area contributed by atoms with Crippen molar-refractivity contribution >= 4 is 17.3 Å². The number of aliphatic hydroxyl groups is 1. The van der Waals surface area contributed by atoms with E-state index in [1.54, 1.807) is 0 Å². The molecule has 0 spiro atoms. The minimum atomic E-state index is 0.191. The van der Waals surface area contributed by atoms with Crippen LogP contribution in [0.5, 0.6) is 0 Å². The number of aliphatic hydroxyl groups excluding tert-OH is 1. The van der Waals surface area contributed by atoms with Gasteiger partial charge < -0.3 is 5.11 Å². The summed E-state index contributed by atoms with van der Waals surface area (Å²) < 4.78 is 0. The summed E-state index contributed by atoms with van der Waals surface area (Å²) >= 11 is 5.19.